The van der Waals surface area contributed by atoms with Gasteiger partial charge in [-0.15, -0.1) is 0 Å². The van der Waals surface area contributed by atoms with Crippen LogP contribution in [0, 0.1) is 0 Å². The van der Waals surface area contributed by atoms with Crippen LogP contribution >= 0.6 is 0 Å². The number of pyridine rings is 1. The lowest BCUT2D eigenvalue weighted by molar-refractivity contribution is 0.141. The van der Waals surface area contributed by atoms with E-state index < -0.39 is 16.1 Å². The zero-order chi connectivity index (χ0) is 21.2. The minimum Gasteiger partial charge on any atom is -0.493 e. The summed E-state index contributed by atoms with van der Waals surface area (Å²) in [6, 6.07) is 6.29. The standard InChI is InChI=1S/C17H20N6O5S/c1-18-17(25)28-8-10-6-14-12(19-10)4-5-13(21-14)16-20-11(7-15(24)22-16)9-29(26,27)23(2)3/h4-7,19H,8-9H2,1-3H3,(H,18,25)(H,20,22,24). The third-order valence-corrected chi connectivity index (χ3v) is 5.75. The van der Waals surface area contributed by atoms with Crippen LogP contribution < -0.4 is 5.32 Å². The molecule has 0 fully saturated rings. The number of amides is 1. The molecule has 1 amide bonds. The molecule has 0 aliphatic rings. The Labute approximate surface area is 166 Å². The van der Waals surface area contributed by atoms with Crippen LogP contribution in [0.15, 0.2) is 24.3 Å². The number of aromatic hydroxyl groups is 1. The Hall–Kier alpha value is -3.25. The summed E-state index contributed by atoms with van der Waals surface area (Å²) >= 11 is 0. The van der Waals surface area contributed by atoms with Gasteiger partial charge in [-0.25, -0.2) is 27.5 Å². The van der Waals surface area contributed by atoms with E-state index in [-0.39, 0.29) is 29.8 Å². The highest BCUT2D eigenvalue weighted by Gasteiger charge is 2.18. The molecular weight excluding hydrogens is 400 g/mol. The quantitative estimate of drug-likeness (QED) is 0.534. The summed E-state index contributed by atoms with van der Waals surface area (Å²) in [7, 11) is 0.755. The van der Waals surface area contributed by atoms with Crippen LogP contribution in [0.3, 0.4) is 0 Å². The Kier molecular flexibility index (Phi) is 5.66. The van der Waals surface area contributed by atoms with Crippen molar-refractivity contribution < 1.29 is 23.1 Å². The van der Waals surface area contributed by atoms with Crippen molar-refractivity contribution in [2.24, 2.45) is 0 Å². The Bertz CT molecular complexity index is 1160. The smallest absolute Gasteiger partial charge is 0.407 e. The number of carbonyl (C=O) groups is 1. The number of carbonyl (C=O) groups excluding carboxylic acids is 1. The molecule has 0 bridgehead atoms. The van der Waals surface area contributed by atoms with Crippen LogP contribution in [0.25, 0.3) is 22.6 Å². The number of aromatic nitrogens is 4. The van der Waals surface area contributed by atoms with Crippen LogP contribution in [-0.4, -0.2) is 65.0 Å². The first-order chi connectivity index (χ1) is 13.7. The SMILES string of the molecule is CNC(=O)OCc1cc2nc(-c3nc(O)cc(CS(=O)(=O)N(C)C)n3)ccc2[nH]1. The van der Waals surface area contributed by atoms with Gasteiger partial charge in [0.15, 0.2) is 5.82 Å². The van der Waals surface area contributed by atoms with E-state index in [4.69, 9.17) is 4.74 Å². The molecule has 0 radical (unpaired) electrons. The van der Waals surface area contributed by atoms with Gasteiger partial charge in [0.2, 0.25) is 15.9 Å². The van der Waals surface area contributed by atoms with Crippen LogP contribution in [-0.2, 0) is 27.1 Å². The zero-order valence-corrected chi connectivity index (χ0v) is 16.8. The average molecular weight is 420 g/mol. The number of alkyl carbamates (subject to hydrolysis) is 1. The van der Waals surface area contributed by atoms with Crippen molar-refractivity contribution in [1.82, 2.24) is 29.6 Å². The number of hydrogen-bond donors (Lipinski definition) is 3. The molecule has 0 aliphatic carbocycles. The number of nitrogens with one attached hydrogen (secondary N) is 2. The topological polar surface area (TPSA) is 150 Å². The van der Waals surface area contributed by atoms with Crippen molar-refractivity contribution in [2.45, 2.75) is 12.4 Å². The van der Waals surface area contributed by atoms with Crippen molar-refractivity contribution >= 4 is 27.1 Å². The van der Waals surface area contributed by atoms with Gasteiger partial charge in [0.1, 0.15) is 18.1 Å². The number of rotatable bonds is 6. The molecule has 0 atom stereocenters. The fourth-order valence-electron chi connectivity index (χ4n) is 2.47. The molecule has 29 heavy (non-hydrogen) atoms. The maximum atomic E-state index is 12.1. The second-order valence-corrected chi connectivity index (χ2v) is 8.51. The first kappa shape index (κ1) is 20.5. The van der Waals surface area contributed by atoms with E-state index >= 15 is 0 Å². The van der Waals surface area contributed by atoms with Crippen molar-refractivity contribution in [2.75, 3.05) is 21.1 Å². The van der Waals surface area contributed by atoms with Gasteiger partial charge in [-0.05, 0) is 18.2 Å². The molecule has 3 N–H and O–H groups in total. The third kappa shape index (κ3) is 4.78. The molecule has 0 spiro atoms. The molecule has 3 rings (SSSR count). The van der Waals surface area contributed by atoms with Gasteiger partial charge in [-0.2, -0.15) is 4.98 Å². The molecule has 11 nitrogen and oxygen atoms in total. The van der Waals surface area contributed by atoms with Crippen LogP contribution in [0.5, 0.6) is 5.88 Å². The number of H-pyrrole nitrogens is 1. The molecule has 0 aliphatic heterocycles. The second kappa shape index (κ2) is 8.01. The molecule has 12 heteroatoms. The lowest BCUT2D eigenvalue weighted by atomic mass is 10.3. The number of fused-ring (bicyclic) bond motifs is 1. The fraction of sp³-hybridized carbons (Fsp3) is 0.294. The van der Waals surface area contributed by atoms with Crippen molar-refractivity contribution in [3.05, 3.63) is 35.7 Å². The van der Waals surface area contributed by atoms with Crippen LogP contribution in [0.1, 0.15) is 11.4 Å². The van der Waals surface area contributed by atoms with Gasteiger partial charge in [0, 0.05) is 27.2 Å². The van der Waals surface area contributed by atoms with Crippen LogP contribution in [0.2, 0.25) is 0 Å². The maximum absolute atomic E-state index is 12.1. The van der Waals surface area contributed by atoms with E-state index in [1.54, 1.807) is 18.2 Å². The van der Waals surface area contributed by atoms with E-state index in [1.165, 1.54) is 27.2 Å². The van der Waals surface area contributed by atoms with Crippen molar-refractivity contribution in [3.8, 4) is 17.4 Å². The Morgan fingerprint density at radius 2 is 2.00 bits per heavy atom. The number of ether oxygens (including phenoxy) is 1. The van der Waals surface area contributed by atoms with E-state index in [2.05, 4.69) is 25.3 Å². The Morgan fingerprint density at radius 3 is 2.69 bits per heavy atom. The summed E-state index contributed by atoms with van der Waals surface area (Å²) in [4.78, 5) is 26.9. The van der Waals surface area contributed by atoms with Crippen molar-refractivity contribution in [1.29, 1.82) is 0 Å². The second-order valence-electron chi connectivity index (χ2n) is 6.33. The van der Waals surface area contributed by atoms with E-state index in [0.717, 1.165) is 4.31 Å². The van der Waals surface area contributed by atoms with Gasteiger partial charge in [0.25, 0.3) is 0 Å². The summed E-state index contributed by atoms with van der Waals surface area (Å²) in [6.45, 7) is 0.0422. The fourth-order valence-corrected chi connectivity index (χ4v) is 3.25. The minimum atomic E-state index is -3.55. The van der Waals surface area contributed by atoms with E-state index in [9.17, 15) is 18.3 Å². The summed E-state index contributed by atoms with van der Waals surface area (Å²) in [5, 5.41) is 12.3. The highest BCUT2D eigenvalue weighted by atomic mass is 32.2. The highest BCUT2D eigenvalue weighted by molar-refractivity contribution is 7.88. The zero-order valence-electron chi connectivity index (χ0n) is 16.0. The molecule has 3 aromatic rings. The predicted molar refractivity (Wildman–Crippen MR) is 104 cm³/mol. The normalized spacial score (nSPS) is 11.7. The van der Waals surface area contributed by atoms with Gasteiger partial charge in [-0.1, -0.05) is 0 Å². The summed E-state index contributed by atoms with van der Waals surface area (Å²) < 4.78 is 30.3. The molecule has 0 saturated carbocycles. The van der Waals surface area contributed by atoms with Gasteiger partial charge < -0.3 is 20.1 Å². The molecule has 0 aromatic carbocycles. The van der Waals surface area contributed by atoms with Gasteiger partial charge in [0.05, 0.1) is 22.4 Å². The molecule has 0 unspecified atom stereocenters. The molecule has 3 heterocycles. The lowest BCUT2D eigenvalue weighted by Crippen LogP contribution is -2.24. The molecular formula is C17H20N6O5S. The minimum absolute atomic E-state index is 0.0422. The van der Waals surface area contributed by atoms with Crippen LogP contribution in [0.4, 0.5) is 4.79 Å². The molecule has 3 aromatic heterocycles. The highest BCUT2D eigenvalue weighted by Crippen LogP contribution is 2.22. The average Bonchev–Trinajstić information content (AvgIpc) is 3.07. The third-order valence-electron chi connectivity index (χ3n) is 3.98. The molecule has 0 saturated heterocycles. The molecule has 154 valence electrons. The number of aromatic amines is 1. The Morgan fingerprint density at radius 1 is 1.24 bits per heavy atom. The van der Waals surface area contributed by atoms with E-state index in [0.29, 0.717) is 22.4 Å². The van der Waals surface area contributed by atoms with Crippen molar-refractivity contribution in [3.63, 3.8) is 0 Å². The van der Waals surface area contributed by atoms with E-state index in [1.807, 2.05) is 0 Å². The lowest BCUT2D eigenvalue weighted by Gasteiger charge is -2.11. The summed E-state index contributed by atoms with van der Waals surface area (Å²) in [5.41, 5.74) is 2.43. The predicted octanol–water partition coefficient (Wildman–Crippen LogP) is 0.973. The first-order valence-electron chi connectivity index (χ1n) is 8.48. The summed E-state index contributed by atoms with van der Waals surface area (Å²) in [5.74, 6) is -0.633. The first-order valence-corrected chi connectivity index (χ1v) is 10.1. The monoisotopic (exact) mass is 420 g/mol. The number of sulfonamides is 1. The number of nitrogens with zero attached hydrogens (tertiary/aromatic N) is 4. The number of hydrogen-bond acceptors (Lipinski definition) is 8. The maximum Gasteiger partial charge on any atom is 0.407 e. The largest absolute Gasteiger partial charge is 0.493 e. The Balaban J connectivity index is 1.91. The van der Waals surface area contributed by atoms with Gasteiger partial charge in [-0.3, -0.25) is 0 Å². The summed E-state index contributed by atoms with van der Waals surface area (Å²) in [6.07, 6.45) is -0.550. The van der Waals surface area contributed by atoms with Gasteiger partial charge >= 0.3 is 6.09 Å².